The van der Waals surface area contributed by atoms with Gasteiger partial charge in [-0.25, -0.2) is 14.4 Å². The first kappa shape index (κ1) is 10.5. The Bertz CT molecular complexity index is 476. The van der Waals surface area contributed by atoms with Crippen molar-refractivity contribution in [3.05, 3.63) is 47.4 Å². The van der Waals surface area contributed by atoms with Gasteiger partial charge in [0.2, 0.25) is 0 Å². The number of pyridine rings is 1. The maximum atomic E-state index is 13.2. The standard InChI is InChI=1S/C11H11FN4/c1-7-10(12)11(13)16-9(15-7)6-8-2-4-14-5-3-8/h2-5H,6H2,1H3,(H2,13,15,16). The van der Waals surface area contributed by atoms with Crippen LogP contribution in [0.25, 0.3) is 0 Å². The van der Waals surface area contributed by atoms with Gasteiger partial charge < -0.3 is 5.73 Å². The van der Waals surface area contributed by atoms with E-state index in [1.165, 1.54) is 0 Å². The van der Waals surface area contributed by atoms with E-state index in [0.29, 0.717) is 12.2 Å². The molecule has 2 aromatic heterocycles. The number of nitrogens with two attached hydrogens (primary N) is 1. The lowest BCUT2D eigenvalue weighted by Gasteiger charge is -2.04. The van der Waals surface area contributed by atoms with Gasteiger partial charge in [0.05, 0.1) is 5.69 Å². The van der Waals surface area contributed by atoms with Crippen LogP contribution in [0.4, 0.5) is 10.2 Å². The third kappa shape index (κ3) is 2.13. The molecule has 2 N–H and O–H groups in total. The molecule has 0 aliphatic carbocycles. The van der Waals surface area contributed by atoms with Gasteiger partial charge in [-0.2, -0.15) is 0 Å². The van der Waals surface area contributed by atoms with Gasteiger partial charge in [-0.05, 0) is 24.6 Å². The molecule has 5 heteroatoms. The highest BCUT2D eigenvalue weighted by molar-refractivity contribution is 5.33. The normalized spacial score (nSPS) is 10.4. The van der Waals surface area contributed by atoms with Crippen LogP contribution in [-0.4, -0.2) is 15.0 Å². The first-order valence-electron chi connectivity index (χ1n) is 4.84. The Labute approximate surface area is 92.4 Å². The van der Waals surface area contributed by atoms with Gasteiger partial charge >= 0.3 is 0 Å². The molecule has 0 aliphatic rings. The summed E-state index contributed by atoms with van der Waals surface area (Å²) in [5, 5.41) is 0. The minimum atomic E-state index is -0.543. The monoisotopic (exact) mass is 218 g/mol. The van der Waals surface area contributed by atoms with E-state index in [0.717, 1.165) is 5.56 Å². The van der Waals surface area contributed by atoms with Gasteiger partial charge in [0, 0.05) is 18.8 Å². The zero-order valence-electron chi connectivity index (χ0n) is 8.81. The lowest BCUT2D eigenvalue weighted by Crippen LogP contribution is -2.06. The summed E-state index contributed by atoms with van der Waals surface area (Å²) in [6.07, 6.45) is 3.90. The minimum Gasteiger partial charge on any atom is -0.381 e. The van der Waals surface area contributed by atoms with Gasteiger partial charge in [0.25, 0.3) is 0 Å². The molecule has 0 bridgehead atoms. The number of aromatic nitrogens is 3. The van der Waals surface area contributed by atoms with Gasteiger partial charge in [0.1, 0.15) is 5.82 Å². The number of nitrogens with zero attached hydrogens (tertiary/aromatic N) is 3. The van der Waals surface area contributed by atoms with Crippen molar-refractivity contribution in [2.45, 2.75) is 13.3 Å². The molecule has 0 aliphatic heterocycles. The molecule has 0 saturated heterocycles. The summed E-state index contributed by atoms with van der Waals surface area (Å²) >= 11 is 0. The number of hydrogen-bond donors (Lipinski definition) is 1. The highest BCUT2D eigenvalue weighted by Gasteiger charge is 2.08. The quantitative estimate of drug-likeness (QED) is 0.829. The second-order valence-corrected chi connectivity index (χ2v) is 3.46. The number of aryl methyl sites for hydroxylation is 1. The lowest BCUT2D eigenvalue weighted by molar-refractivity contribution is 0.603. The predicted octanol–water partition coefficient (Wildman–Crippen LogP) is 1.49. The molecule has 16 heavy (non-hydrogen) atoms. The number of halogens is 1. The van der Waals surface area contributed by atoms with Crippen molar-refractivity contribution in [2.24, 2.45) is 0 Å². The van der Waals surface area contributed by atoms with E-state index in [-0.39, 0.29) is 11.5 Å². The highest BCUT2D eigenvalue weighted by atomic mass is 19.1. The molecular formula is C11H11FN4. The second-order valence-electron chi connectivity index (χ2n) is 3.46. The summed E-state index contributed by atoms with van der Waals surface area (Å²) in [5.74, 6) is -0.127. The molecule has 0 aromatic carbocycles. The summed E-state index contributed by atoms with van der Waals surface area (Å²) in [6, 6.07) is 3.72. The molecule has 0 amide bonds. The number of hydrogen-bond acceptors (Lipinski definition) is 4. The van der Waals surface area contributed by atoms with Crippen LogP contribution < -0.4 is 5.73 Å². The molecule has 0 radical (unpaired) electrons. The Hall–Kier alpha value is -2.04. The van der Waals surface area contributed by atoms with E-state index >= 15 is 0 Å². The average Bonchev–Trinajstić information content (AvgIpc) is 2.27. The van der Waals surface area contributed by atoms with E-state index in [2.05, 4.69) is 15.0 Å². The van der Waals surface area contributed by atoms with Gasteiger partial charge in [0.15, 0.2) is 11.6 Å². The number of anilines is 1. The minimum absolute atomic E-state index is 0.100. The first-order chi connectivity index (χ1) is 7.66. The van der Waals surface area contributed by atoms with Crippen LogP contribution in [0.2, 0.25) is 0 Å². The Morgan fingerprint density at radius 1 is 1.25 bits per heavy atom. The average molecular weight is 218 g/mol. The molecule has 0 atom stereocenters. The topological polar surface area (TPSA) is 64.7 Å². The van der Waals surface area contributed by atoms with E-state index < -0.39 is 5.82 Å². The van der Waals surface area contributed by atoms with Crippen LogP contribution in [-0.2, 0) is 6.42 Å². The fourth-order valence-corrected chi connectivity index (χ4v) is 1.40. The lowest BCUT2D eigenvalue weighted by atomic mass is 10.2. The van der Waals surface area contributed by atoms with Crippen LogP contribution in [0.15, 0.2) is 24.5 Å². The zero-order chi connectivity index (χ0) is 11.5. The maximum Gasteiger partial charge on any atom is 0.186 e. The summed E-state index contributed by atoms with van der Waals surface area (Å²) in [6.45, 7) is 1.57. The van der Waals surface area contributed by atoms with Crippen molar-refractivity contribution >= 4 is 5.82 Å². The summed E-state index contributed by atoms with van der Waals surface area (Å²) in [7, 11) is 0. The van der Waals surface area contributed by atoms with E-state index in [1.807, 2.05) is 12.1 Å². The molecule has 2 rings (SSSR count). The van der Waals surface area contributed by atoms with E-state index in [4.69, 9.17) is 5.73 Å². The van der Waals surface area contributed by atoms with Crippen molar-refractivity contribution in [1.82, 2.24) is 15.0 Å². The van der Waals surface area contributed by atoms with Crippen molar-refractivity contribution in [1.29, 1.82) is 0 Å². The number of rotatable bonds is 2. The molecule has 0 fully saturated rings. The molecule has 4 nitrogen and oxygen atoms in total. The van der Waals surface area contributed by atoms with E-state index in [1.54, 1.807) is 19.3 Å². The Morgan fingerprint density at radius 3 is 2.56 bits per heavy atom. The number of nitrogen functional groups attached to an aromatic ring is 1. The molecule has 0 saturated carbocycles. The van der Waals surface area contributed by atoms with Crippen LogP contribution in [0.1, 0.15) is 17.1 Å². The third-order valence-corrected chi connectivity index (χ3v) is 2.20. The van der Waals surface area contributed by atoms with Crippen molar-refractivity contribution in [3.8, 4) is 0 Å². The second kappa shape index (κ2) is 4.22. The van der Waals surface area contributed by atoms with Crippen LogP contribution in [0.3, 0.4) is 0 Å². The zero-order valence-corrected chi connectivity index (χ0v) is 8.81. The van der Waals surface area contributed by atoms with Crippen molar-refractivity contribution in [3.63, 3.8) is 0 Å². The Kier molecular flexibility index (Phi) is 2.76. The van der Waals surface area contributed by atoms with E-state index in [9.17, 15) is 4.39 Å². The molecule has 2 aromatic rings. The summed E-state index contributed by atoms with van der Waals surface area (Å²) < 4.78 is 13.2. The molecule has 0 spiro atoms. The molecule has 0 unspecified atom stereocenters. The van der Waals surface area contributed by atoms with Crippen LogP contribution in [0.5, 0.6) is 0 Å². The van der Waals surface area contributed by atoms with Crippen molar-refractivity contribution in [2.75, 3.05) is 5.73 Å². The fourth-order valence-electron chi connectivity index (χ4n) is 1.40. The summed E-state index contributed by atoms with van der Waals surface area (Å²) in [4.78, 5) is 11.9. The molecule has 82 valence electrons. The SMILES string of the molecule is Cc1nc(Cc2ccncc2)nc(N)c1F. The highest BCUT2D eigenvalue weighted by Crippen LogP contribution is 2.12. The molecular weight excluding hydrogens is 207 g/mol. The van der Waals surface area contributed by atoms with Gasteiger partial charge in [-0.1, -0.05) is 0 Å². The smallest absolute Gasteiger partial charge is 0.186 e. The molecule has 2 heterocycles. The Morgan fingerprint density at radius 2 is 1.94 bits per heavy atom. The first-order valence-corrected chi connectivity index (χ1v) is 4.84. The van der Waals surface area contributed by atoms with Gasteiger partial charge in [-0.3, -0.25) is 4.98 Å². The summed E-state index contributed by atoms with van der Waals surface area (Å²) in [5.41, 5.74) is 6.73. The fraction of sp³-hybridized carbons (Fsp3) is 0.182. The van der Waals surface area contributed by atoms with Crippen LogP contribution in [0, 0.1) is 12.7 Å². The predicted molar refractivity (Wildman–Crippen MR) is 58.2 cm³/mol. The van der Waals surface area contributed by atoms with Gasteiger partial charge in [-0.15, -0.1) is 0 Å². The van der Waals surface area contributed by atoms with Crippen LogP contribution >= 0.6 is 0 Å². The Balaban J connectivity index is 2.29. The third-order valence-electron chi connectivity index (χ3n) is 2.20. The maximum absolute atomic E-state index is 13.2. The largest absolute Gasteiger partial charge is 0.381 e. The van der Waals surface area contributed by atoms with Crippen molar-refractivity contribution < 1.29 is 4.39 Å².